The molecule has 1 aliphatic heterocycles. The predicted octanol–water partition coefficient (Wildman–Crippen LogP) is 4.29. The number of rotatable bonds is 4. The van der Waals surface area contributed by atoms with Gasteiger partial charge in [-0.1, -0.05) is 23.2 Å². The zero-order valence-electron chi connectivity index (χ0n) is 17.3. The van der Waals surface area contributed by atoms with Gasteiger partial charge in [0.2, 0.25) is 10.0 Å². The van der Waals surface area contributed by atoms with Gasteiger partial charge in [0.05, 0.1) is 22.0 Å². The number of aromatic nitrogens is 1. The molecule has 0 saturated carbocycles. The Bertz CT molecular complexity index is 1440. The van der Waals surface area contributed by atoms with Gasteiger partial charge in [0.1, 0.15) is 5.82 Å². The number of hydrogen-bond acceptors (Lipinski definition) is 4. The third-order valence-electron chi connectivity index (χ3n) is 5.24. The Kier molecular flexibility index (Phi) is 6.22. The zero-order valence-corrected chi connectivity index (χ0v) is 19.6. The average molecular weight is 510 g/mol. The zero-order chi connectivity index (χ0) is 23.9. The first-order valence-corrected chi connectivity index (χ1v) is 12.2. The molecule has 33 heavy (non-hydrogen) atoms. The lowest BCUT2D eigenvalue weighted by Crippen LogP contribution is -2.26. The van der Waals surface area contributed by atoms with E-state index >= 15 is 0 Å². The molecule has 0 bridgehead atoms. The molecule has 1 N–H and O–H groups in total. The van der Waals surface area contributed by atoms with Crippen molar-refractivity contribution in [2.24, 2.45) is 7.05 Å². The largest absolute Gasteiger partial charge is 0.322 e. The van der Waals surface area contributed by atoms with Crippen molar-refractivity contribution >= 4 is 50.5 Å². The highest BCUT2D eigenvalue weighted by atomic mass is 35.5. The second-order valence-corrected chi connectivity index (χ2v) is 10.4. The quantitative estimate of drug-likeness (QED) is 0.568. The Balaban J connectivity index is 1.68. The van der Waals surface area contributed by atoms with E-state index in [0.29, 0.717) is 28.3 Å². The second kappa shape index (κ2) is 8.81. The van der Waals surface area contributed by atoms with Crippen LogP contribution in [0.2, 0.25) is 10.0 Å². The maximum atomic E-state index is 14.5. The molecule has 1 aliphatic rings. The first kappa shape index (κ1) is 23.3. The summed E-state index contributed by atoms with van der Waals surface area (Å²) in [5.41, 5.74) is 1.08. The molecule has 4 rings (SSSR count). The molecule has 1 fully saturated rings. The number of nitrogens with one attached hydrogen (secondary N) is 1. The van der Waals surface area contributed by atoms with Gasteiger partial charge in [-0.25, -0.2) is 12.8 Å². The number of pyridine rings is 1. The van der Waals surface area contributed by atoms with Crippen LogP contribution in [0.15, 0.2) is 53.5 Å². The van der Waals surface area contributed by atoms with Gasteiger partial charge < -0.3 is 9.88 Å². The summed E-state index contributed by atoms with van der Waals surface area (Å²) in [5, 5.41) is 2.49. The monoisotopic (exact) mass is 509 g/mol. The van der Waals surface area contributed by atoms with Gasteiger partial charge in [-0.3, -0.25) is 13.9 Å². The fraction of sp³-hybridized carbons (Fsp3) is 0.182. The van der Waals surface area contributed by atoms with Gasteiger partial charge in [-0.2, -0.15) is 0 Å². The first-order chi connectivity index (χ1) is 15.5. The molecule has 7 nitrogen and oxygen atoms in total. The van der Waals surface area contributed by atoms with Gasteiger partial charge in [0.15, 0.2) is 0 Å². The molecule has 2 heterocycles. The summed E-state index contributed by atoms with van der Waals surface area (Å²) < 4.78 is 41.4. The Labute approximate surface area is 199 Å². The molecule has 1 amide bonds. The predicted molar refractivity (Wildman–Crippen MR) is 127 cm³/mol. The van der Waals surface area contributed by atoms with Crippen molar-refractivity contribution in [2.75, 3.05) is 21.9 Å². The number of anilines is 2. The van der Waals surface area contributed by atoms with Crippen LogP contribution in [-0.2, 0) is 17.1 Å². The Morgan fingerprint density at radius 1 is 1.09 bits per heavy atom. The second-order valence-electron chi connectivity index (χ2n) is 7.58. The van der Waals surface area contributed by atoms with E-state index in [-0.39, 0.29) is 29.1 Å². The summed E-state index contributed by atoms with van der Waals surface area (Å²) in [6, 6.07) is 10.1. The van der Waals surface area contributed by atoms with Crippen LogP contribution in [0.25, 0.3) is 11.1 Å². The van der Waals surface area contributed by atoms with E-state index in [1.54, 1.807) is 31.4 Å². The van der Waals surface area contributed by atoms with Crippen LogP contribution in [-0.4, -0.2) is 31.2 Å². The number of hydrogen-bond donors (Lipinski definition) is 1. The average Bonchev–Trinajstić information content (AvgIpc) is 3.10. The topological polar surface area (TPSA) is 88.5 Å². The Morgan fingerprint density at radius 2 is 1.85 bits per heavy atom. The van der Waals surface area contributed by atoms with Crippen molar-refractivity contribution in [1.82, 2.24) is 4.57 Å². The highest BCUT2D eigenvalue weighted by Gasteiger charge is 2.30. The molecule has 0 atom stereocenters. The first-order valence-electron chi connectivity index (χ1n) is 9.83. The highest BCUT2D eigenvalue weighted by Crippen LogP contribution is 2.32. The number of carbonyl (C=O) groups is 1. The minimum atomic E-state index is -3.57. The van der Waals surface area contributed by atoms with E-state index in [9.17, 15) is 22.4 Å². The molecule has 2 aromatic carbocycles. The normalized spacial score (nSPS) is 15.0. The molecule has 0 aliphatic carbocycles. The standard InChI is InChI=1S/C22H18Cl2FN3O4S/c1-27-5-3-13(9-20(27)29)14-7-15(23)10-16(8-14)26-22(30)18-11-17(12-19(25)21(18)24)28-4-2-6-33(28,31)32/h3,5,7-12H,2,4,6H2,1H3,(H,26,30). The van der Waals surface area contributed by atoms with E-state index in [4.69, 9.17) is 23.2 Å². The van der Waals surface area contributed by atoms with Crippen LogP contribution in [0.5, 0.6) is 0 Å². The highest BCUT2D eigenvalue weighted by molar-refractivity contribution is 7.93. The number of aryl methyl sites for hydroxylation is 1. The lowest BCUT2D eigenvalue weighted by atomic mass is 10.1. The van der Waals surface area contributed by atoms with Crippen molar-refractivity contribution in [3.63, 3.8) is 0 Å². The van der Waals surface area contributed by atoms with E-state index in [0.717, 1.165) is 10.4 Å². The number of nitrogens with zero attached hydrogens (tertiary/aromatic N) is 2. The van der Waals surface area contributed by atoms with Crippen LogP contribution in [0.4, 0.5) is 15.8 Å². The van der Waals surface area contributed by atoms with Crippen LogP contribution in [0.3, 0.4) is 0 Å². The molecule has 172 valence electrons. The van der Waals surface area contributed by atoms with Crippen molar-refractivity contribution in [2.45, 2.75) is 6.42 Å². The SMILES string of the molecule is Cn1ccc(-c2cc(Cl)cc(NC(=O)c3cc(N4CCCS4(=O)=O)cc(F)c3Cl)c2)cc1=O. The van der Waals surface area contributed by atoms with E-state index < -0.39 is 26.8 Å². The maximum Gasteiger partial charge on any atom is 0.257 e. The summed E-state index contributed by atoms with van der Waals surface area (Å²) in [6.45, 7) is 0.193. The number of halogens is 3. The van der Waals surface area contributed by atoms with Crippen LogP contribution in [0.1, 0.15) is 16.8 Å². The van der Waals surface area contributed by atoms with Gasteiger partial charge in [0, 0.05) is 36.6 Å². The summed E-state index contributed by atoms with van der Waals surface area (Å²) in [4.78, 5) is 24.9. The van der Waals surface area contributed by atoms with Crippen molar-refractivity contribution in [3.05, 3.63) is 80.4 Å². The van der Waals surface area contributed by atoms with Crippen molar-refractivity contribution in [1.29, 1.82) is 0 Å². The molecule has 0 unspecified atom stereocenters. The smallest absolute Gasteiger partial charge is 0.257 e. The third-order valence-corrected chi connectivity index (χ3v) is 7.71. The third kappa shape index (κ3) is 4.75. The molecule has 3 aromatic rings. The van der Waals surface area contributed by atoms with E-state index in [2.05, 4.69) is 5.32 Å². The lowest BCUT2D eigenvalue weighted by Gasteiger charge is -2.19. The number of benzene rings is 2. The fourth-order valence-corrected chi connectivity index (χ4v) is 5.55. The van der Waals surface area contributed by atoms with Gasteiger partial charge in [-0.05, 0) is 53.9 Å². The van der Waals surface area contributed by atoms with E-state index in [1.165, 1.54) is 22.8 Å². The molecular formula is C22H18Cl2FN3O4S. The number of sulfonamides is 1. The molecular weight excluding hydrogens is 492 g/mol. The van der Waals surface area contributed by atoms with Crippen molar-refractivity contribution < 1.29 is 17.6 Å². The van der Waals surface area contributed by atoms with Crippen LogP contribution >= 0.6 is 23.2 Å². The van der Waals surface area contributed by atoms with Gasteiger partial charge in [-0.15, -0.1) is 0 Å². The summed E-state index contributed by atoms with van der Waals surface area (Å²) in [6.07, 6.45) is 2.01. The summed E-state index contributed by atoms with van der Waals surface area (Å²) in [5.74, 6) is -1.70. The minimum Gasteiger partial charge on any atom is -0.322 e. The molecule has 0 spiro atoms. The van der Waals surface area contributed by atoms with E-state index in [1.807, 2.05) is 0 Å². The Morgan fingerprint density at radius 3 is 2.52 bits per heavy atom. The van der Waals surface area contributed by atoms with Crippen LogP contribution < -0.4 is 15.2 Å². The summed E-state index contributed by atoms with van der Waals surface area (Å²) >= 11 is 12.2. The molecule has 0 radical (unpaired) electrons. The van der Waals surface area contributed by atoms with Crippen molar-refractivity contribution in [3.8, 4) is 11.1 Å². The maximum absolute atomic E-state index is 14.5. The fourth-order valence-electron chi connectivity index (χ4n) is 3.57. The van der Waals surface area contributed by atoms with Crippen LogP contribution in [0, 0.1) is 5.82 Å². The number of amides is 1. The minimum absolute atomic E-state index is 0.0338. The number of carbonyl (C=O) groups excluding carboxylic acids is 1. The molecule has 11 heteroatoms. The Hall–Kier alpha value is -2.88. The lowest BCUT2D eigenvalue weighted by molar-refractivity contribution is 0.102. The molecule has 1 aromatic heterocycles. The summed E-state index contributed by atoms with van der Waals surface area (Å²) in [7, 11) is -1.95. The molecule has 1 saturated heterocycles. The van der Waals surface area contributed by atoms with Gasteiger partial charge >= 0.3 is 0 Å². The van der Waals surface area contributed by atoms with Gasteiger partial charge in [0.25, 0.3) is 11.5 Å².